The maximum Gasteiger partial charge on any atom is 0.306 e. The number of hydrogen-bond donors (Lipinski definition) is 1. The van der Waals surface area contributed by atoms with Gasteiger partial charge in [0, 0.05) is 0 Å². The molecule has 0 atom stereocenters. The molecule has 0 aliphatic heterocycles. The molecule has 0 saturated carbocycles. The Morgan fingerprint density at radius 1 is 0.818 bits per heavy atom. The molecule has 116 valence electrons. The van der Waals surface area contributed by atoms with Crippen molar-refractivity contribution in [3.8, 4) is 11.5 Å². The first kappa shape index (κ1) is 15.9. The molecular formula is C18H20O4. The highest BCUT2D eigenvalue weighted by Gasteiger charge is 2.17. The van der Waals surface area contributed by atoms with Gasteiger partial charge in [-0.05, 0) is 37.1 Å². The average Bonchev–Trinajstić information content (AvgIpc) is 2.55. The highest BCUT2D eigenvalue weighted by Crippen LogP contribution is 2.15. The fourth-order valence-electron chi connectivity index (χ4n) is 2.06. The zero-order chi connectivity index (χ0) is 15.6. The van der Waals surface area contributed by atoms with E-state index in [2.05, 4.69) is 0 Å². The topological polar surface area (TPSA) is 55.8 Å². The quantitative estimate of drug-likeness (QED) is 0.768. The van der Waals surface area contributed by atoms with Crippen molar-refractivity contribution < 1.29 is 19.4 Å². The Bertz CT molecular complexity index is 508. The van der Waals surface area contributed by atoms with Crippen LogP contribution in [0, 0.1) is 5.92 Å². The van der Waals surface area contributed by atoms with E-state index < -0.39 is 11.9 Å². The van der Waals surface area contributed by atoms with Crippen LogP contribution in [0.2, 0.25) is 0 Å². The summed E-state index contributed by atoms with van der Waals surface area (Å²) in [5, 5.41) is 9.26. The molecule has 2 aromatic carbocycles. The molecule has 0 amide bonds. The molecule has 0 aromatic heterocycles. The van der Waals surface area contributed by atoms with E-state index in [4.69, 9.17) is 9.47 Å². The first-order valence-corrected chi connectivity index (χ1v) is 7.34. The maximum absolute atomic E-state index is 11.3. The summed E-state index contributed by atoms with van der Waals surface area (Å²) in [4.78, 5) is 11.3. The Morgan fingerprint density at radius 2 is 1.23 bits per heavy atom. The van der Waals surface area contributed by atoms with Crippen LogP contribution in [-0.2, 0) is 4.79 Å². The van der Waals surface area contributed by atoms with E-state index in [-0.39, 0.29) is 0 Å². The molecule has 0 radical (unpaired) electrons. The van der Waals surface area contributed by atoms with Crippen molar-refractivity contribution in [2.45, 2.75) is 12.8 Å². The minimum atomic E-state index is -0.812. The first-order valence-electron chi connectivity index (χ1n) is 7.34. The number of para-hydroxylation sites is 2. The molecule has 4 nitrogen and oxygen atoms in total. The number of rotatable bonds is 9. The third-order valence-corrected chi connectivity index (χ3v) is 3.31. The predicted molar refractivity (Wildman–Crippen MR) is 84.2 cm³/mol. The lowest BCUT2D eigenvalue weighted by atomic mass is 10.0. The maximum atomic E-state index is 11.3. The normalized spacial score (nSPS) is 10.4. The SMILES string of the molecule is O=C(O)C(CCOc1ccccc1)CCOc1ccccc1. The first-order chi connectivity index (χ1) is 10.8. The summed E-state index contributed by atoms with van der Waals surface area (Å²) in [6.07, 6.45) is 0.921. The second-order valence-electron chi connectivity index (χ2n) is 4.94. The van der Waals surface area contributed by atoms with Crippen molar-refractivity contribution in [1.29, 1.82) is 0 Å². The van der Waals surface area contributed by atoms with Crippen LogP contribution in [0.25, 0.3) is 0 Å². The van der Waals surface area contributed by atoms with Gasteiger partial charge in [-0.2, -0.15) is 0 Å². The zero-order valence-corrected chi connectivity index (χ0v) is 12.4. The van der Waals surface area contributed by atoms with Crippen LogP contribution in [0.5, 0.6) is 11.5 Å². The second-order valence-corrected chi connectivity index (χ2v) is 4.94. The minimum absolute atomic E-state index is 0.381. The van der Waals surface area contributed by atoms with Gasteiger partial charge in [0.2, 0.25) is 0 Å². The van der Waals surface area contributed by atoms with Crippen molar-refractivity contribution in [1.82, 2.24) is 0 Å². The van der Waals surface area contributed by atoms with E-state index in [1.807, 2.05) is 60.7 Å². The summed E-state index contributed by atoms with van der Waals surface area (Å²) in [7, 11) is 0. The number of carboxylic acid groups (broad SMARTS) is 1. The van der Waals surface area contributed by atoms with Gasteiger partial charge in [0.15, 0.2) is 0 Å². The molecule has 0 spiro atoms. The number of benzene rings is 2. The summed E-state index contributed by atoms with van der Waals surface area (Å²) in [6, 6.07) is 18.8. The van der Waals surface area contributed by atoms with Gasteiger partial charge in [-0.15, -0.1) is 0 Å². The Kier molecular flexibility index (Phi) is 6.30. The van der Waals surface area contributed by atoms with Crippen LogP contribution in [0.3, 0.4) is 0 Å². The standard InChI is InChI=1S/C18H20O4/c19-18(20)15(11-13-21-16-7-3-1-4-8-16)12-14-22-17-9-5-2-6-10-17/h1-10,15H,11-14H2,(H,19,20). The summed E-state index contributed by atoms with van der Waals surface area (Å²) in [6.45, 7) is 0.763. The zero-order valence-electron chi connectivity index (χ0n) is 12.4. The van der Waals surface area contributed by atoms with Gasteiger partial charge in [0.1, 0.15) is 11.5 Å². The molecule has 4 heteroatoms. The Hall–Kier alpha value is -2.49. The number of hydrogen-bond acceptors (Lipinski definition) is 3. The van der Waals surface area contributed by atoms with Crippen LogP contribution in [-0.4, -0.2) is 24.3 Å². The number of ether oxygens (including phenoxy) is 2. The Labute approximate surface area is 130 Å². The molecule has 2 rings (SSSR count). The van der Waals surface area contributed by atoms with Gasteiger partial charge >= 0.3 is 5.97 Å². The lowest BCUT2D eigenvalue weighted by Gasteiger charge is -2.13. The highest BCUT2D eigenvalue weighted by atomic mass is 16.5. The smallest absolute Gasteiger partial charge is 0.306 e. The molecule has 22 heavy (non-hydrogen) atoms. The van der Waals surface area contributed by atoms with Crippen LogP contribution in [0.1, 0.15) is 12.8 Å². The van der Waals surface area contributed by atoms with E-state index in [9.17, 15) is 9.90 Å². The molecule has 0 bridgehead atoms. The van der Waals surface area contributed by atoms with E-state index >= 15 is 0 Å². The van der Waals surface area contributed by atoms with Gasteiger partial charge in [-0.3, -0.25) is 4.79 Å². The van der Waals surface area contributed by atoms with E-state index in [0.29, 0.717) is 26.1 Å². The predicted octanol–water partition coefficient (Wildman–Crippen LogP) is 3.63. The van der Waals surface area contributed by atoms with Gasteiger partial charge in [-0.25, -0.2) is 0 Å². The summed E-state index contributed by atoms with van der Waals surface area (Å²) in [5.41, 5.74) is 0. The molecule has 0 fully saturated rings. The Balaban J connectivity index is 1.72. The molecule has 0 saturated heterocycles. The summed E-state index contributed by atoms with van der Waals surface area (Å²) < 4.78 is 11.1. The van der Waals surface area contributed by atoms with Crippen molar-refractivity contribution in [3.63, 3.8) is 0 Å². The second kappa shape index (κ2) is 8.72. The molecular weight excluding hydrogens is 280 g/mol. The molecule has 2 aromatic rings. The van der Waals surface area contributed by atoms with Crippen LogP contribution < -0.4 is 9.47 Å². The fraction of sp³-hybridized carbons (Fsp3) is 0.278. The molecule has 0 unspecified atom stereocenters. The highest BCUT2D eigenvalue weighted by molar-refractivity contribution is 5.69. The number of aliphatic carboxylic acids is 1. The van der Waals surface area contributed by atoms with Gasteiger partial charge in [-0.1, -0.05) is 36.4 Å². The lowest BCUT2D eigenvalue weighted by Crippen LogP contribution is -2.19. The van der Waals surface area contributed by atoms with Gasteiger partial charge in [0.05, 0.1) is 19.1 Å². The molecule has 1 N–H and O–H groups in total. The summed E-state index contributed by atoms with van der Waals surface area (Å²) >= 11 is 0. The molecule has 0 heterocycles. The average molecular weight is 300 g/mol. The van der Waals surface area contributed by atoms with E-state index in [0.717, 1.165) is 11.5 Å². The van der Waals surface area contributed by atoms with Crippen molar-refractivity contribution >= 4 is 5.97 Å². The lowest BCUT2D eigenvalue weighted by molar-refractivity contribution is -0.142. The number of carbonyl (C=O) groups is 1. The molecule has 0 aliphatic rings. The number of carboxylic acids is 1. The van der Waals surface area contributed by atoms with E-state index in [1.165, 1.54) is 0 Å². The summed E-state index contributed by atoms with van der Waals surface area (Å²) in [5.74, 6) is 0.236. The van der Waals surface area contributed by atoms with Crippen LogP contribution >= 0.6 is 0 Å². The fourth-order valence-corrected chi connectivity index (χ4v) is 2.06. The largest absolute Gasteiger partial charge is 0.494 e. The molecule has 0 aliphatic carbocycles. The monoisotopic (exact) mass is 300 g/mol. The minimum Gasteiger partial charge on any atom is -0.494 e. The third kappa shape index (κ3) is 5.48. The van der Waals surface area contributed by atoms with Crippen LogP contribution in [0.15, 0.2) is 60.7 Å². The van der Waals surface area contributed by atoms with Crippen molar-refractivity contribution in [3.05, 3.63) is 60.7 Å². The Morgan fingerprint density at radius 3 is 1.59 bits per heavy atom. The van der Waals surface area contributed by atoms with Crippen LogP contribution in [0.4, 0.5) is 0 Å². The van der Waals surface area contributed by atoms with Crippen molar-refractivity contribution in [2.24, 2.45) is 5.92 Å². The van der Waals surface area contributed by atoms with Crippen molar-refractivity contribution in [2.75, 3.05) is 13.2 Å². The van der Waals surface area contributed by atoms with Gasteiger partial charge in [0.25, 0.3) is 0 Å². The third-order valence-electron chi connectivity index (χ3n) is 3.31. The van der Waals surface area contributed by atoms with Gasteiger partial charge < -0.3 is 14.6 Å². The van der Waals surface area contributed by atoms with E-state index in [1.54, 1.807) is 0 Å².